The summed E-state index contributed by atoms with van der Waals surface area (Å²) in [4.78, 5) is 20.7. The molecular weight excluding hydrogens is 286 g/mol. The fourth-order valence-electron chi connectivity index (χ4n) is 1.73. The molecule has 0 aliphatic carbocycles. The van der Waals surface area contributed by atoms with Crippen molar-refractivity contribution >= 4 is 23.0 Å². The molecule has 0 aromatic heterocycles. The van der Waals surface area contributed by atoms with Crippen molar-refractivity contribution in [3.8, 4) is 0 Å². The van der Waals surface area contributed by atoms with Gasteiger partial charge in [0.15, 0.2) is 0 Å². The third-order valence-electron chi connectivity index (χ3n) is 2.60. The van der Waals surface area contributed by atoms with E-state index in [4.69, 9.17) is 5.11 Å². The minimum atomic E-state index is -1.32. The summed E-state index contributed by atoms with van der Waals surface area (Å²) >= 11 is 0. The Bertz CT molecular complexity index is 734. The molecule has 8 heteroatoms. The number of hydrogen-bond donors (Lipinski definition) is 2. The second-order valence-corrected chi connectivity index (χ2v) is 4.05. The predicted molar refractivity (Wildman–Crippen MR) is 69.7 cm³/mol. The highest BCUT2D eigenvalue weighted by Crippen LogP contribution is 2.31. The Balaban J connectivity index is 2.46. The molecule has 0 heterocycles. The Morgan fingerprint density at radius 2 is 1.95 bits per heavy atom. The molecular formula is C13H8F2N2O4. The molecule has 0 fully saturated rings. The molecule has 0 aliphatic rings. The number of carboxylic acids is 1. The standard InChI is InChI=1S/C13H8F2N2O4/c14-8-5-10(15)12(17(20)21)11(6-8)16-9-3-1-2-7(4-9)13(18)19/h1-6,16H,(H,18,19). The summed E-state index contributed by atoms with van der Waals surface area (Å²) in [7, 11) is 0. The number of carbonyl (C=O) groups is 1. The minimum absolute atomic E-state index is 0.0699. The van der Waals surface area contributed by atoms with Crippen LogP contribution in [-0.4, -0.2) is 16.0 Å². The molecule has 0 atom stereocenters. The first kappa shape index (κ1) is 14.4. The molecule has 2 aromatic rings. The van der Waals surface area contributed by atoms with Crippen LogP contribution in [0.5, 0.6) is 0 Å². The number of nitrogens with one attached hydrogen (secondary N) is 1. The van der Waals surface area contributed by atoms with Crippen LogP contribution in [0, 0.1) is 21.7 Å². The van der Waals surface area contributed by atoms with E-state index in [1.807, 2.05) is 0 Å². The number of benzene rings is 2. The summed E-state index contributed by atoms with van der Waals surface area (Å²) < 4.78 is 26.6. The van der Waals surface area contributed by atoms with Gasteiger partial charge in [-0.2, -0.15) is 4.39 Å². The molecule has 2 rings (SSSR count). The summed E-state index contributed by atoms with van der Waals surface area (Å²) in [5, 5.41) is 22.1. The maximum absolute atomic E-state index is 13.5. The van der Waals surface area contributed by atoms with Crippen LogP contribution in [0.25, 0.3) is 0 Å². The first-order valence-electron chi connectivity index (χ1n) is 5.62. The SMILES string of the molecule is O=C(O)c1cccc(Nc2cc(F)cc(F)c2[N+](=O)[O-])c1. The van der Waals surface area contributed by atoms with Gasteiger partial charge < -0.3 is 10.4 Å². The van der Waals surface area contributed by atoms with Crippen LogP contribution in [0.1, 0.15) is 10.4 Å². The van der Waals surface area contributed by atoms with Crippen molar-refractivity contribution < 1.29 is 23.6 Å². The lowest BCUT2D eigenvalue weighted by atomic mass is 10.2. The second kappa shape index (κ2) is 5.53. The third-order valence-corrected chi connectivity index (χ3v) is 2.60. The van der Waals surface area contributed by atoms with Crippen molar-refractivity contribution in [1.29, 1.82) is 0 Å². The zero-order valence-corrected chi connectivity index (χ0v) is 10.3. The Morgan fingerprint density at radius 3 is 2.57 bits per heavy atom. The molecule has 0 saturated carbocycles. The number of nitrogens with zero attached hydrogens (tertiary/aromatic N) is 1. The molecule has 108 valence electrons. The van der Waals surface area contributed by atoms with E-state index in [0.29, 0.717) is 6.07 Å². The van der Waals surface area contributed by atoms with Gasteiger partial charge in [-0.3, -0.25) is 10.1 Å². The number of anilines is 2. The largest absolute Gasteiger partial charge is 0.478 e. The average Bonchev–Trinajstić information content (AvgIpc) is 2.37. The minimum Gasteiger partial charge on any atom is -0.478 e. The summed E-state index contributed by atoms with van der Waals surface area (Å²) in [6, 6.07) is 6.47. The van der Waals surface area contributed by atoms with Crippen molar-refractivity contribution in [2.24, 2.45) is 0 Å². The lowest BCUT2D eigenvalue weighted by Gasteiger charge is -2.08. The first-order valence-corrected chi connectivity index (χ1v) is 5.62. The van der Waals surface area contributed by atoms with E-state index in [1.54, 1.807) is 0 Å². The van der Waals surface area contributed by atoms with Crippen LogP contribution in [-0.2, 0) is 0 Å². The molecule has 0 amide bonds. The van der Waals surface area contributed by atoms with Gasteiger partial charge in [-0.25, -0.2) is 9.18 Å². The van der Waals surface area contributed by atoms with Gasteiger partial charge in [0.1, 0.15) is 11.5 Å². The number of rotatable bonds is 4. The Hall–Kier alpha value is -3.03. The Labute approximate surface area is 116 Å². The Morgan fingerprint density at radius 1 is 1.24 bits per heavy atom. The lowest BCUT2D eigenvalue weighted by Crippen LogP contribution is -2.02. The number of aromatic carboxylic acids is 1. The monoisotopic (exact) mass is 294 g/mol. The highest BCUT2D eigenvalue weighted by molar-refractivity contribution is 5.89. The van der Waals surface area contributed by atoms with E-state index in [-0.39, 0.29) is 11.3 Å². The first-order chi connectivity index (χ1) is 9.88. The van der Waals surface area contributed by atoms with Gasteiger partial charge in [0, 0.05) is 17.8 Å². The van der Waals surface area contributed by atoms with Crippen LogP contribution in [0.3, 0.4) is 0 Å². The fourth-order valence-corrected chi connectivity index (χ4v) is 1.73. The van der Waals surface area contributed by atoms with E-state index < -0.39 is 33.9 Å². The summed E-state index contributed by atoms with van der Waals surface area (Å²) in [5.74, 6) is -3.51. The van der Waals surface area contributed by atoms with E-state index in [9.17, 15) is 23.7 Å². The smallest absolute Gasteiger partial charge is 0.335 e. The summed E-state index contributed by atoms with van der Waals surface area (Å²) in [5.41, 5.74) is -1.24. The second-order valence-electron chi connectivity index (χ2n) is 4.05. The van der Waals surface area contributed by atoms with Gasteiger partial charge in [0.2, 0.25) is 5.82 Å². The number of halogens is 2. The quantitative estimate of drug-likeness (QED) is 0.666. The maximum Gasteiger partial charge on any atom is 0.335 e. The topological polar surface area (TPSA) is 92.5 Å². The molecule has 6 nitrogen and oxygen atoms in total. The van der Waals surface area contributed by atoms with Crippen LogP contribution in [0.2, 0.25) is 0 Å². The van der Waals surface area contributed by atoms with Gasteiger partial charge in [0.05, 0.1) is 10.5 Å². The lowest BCUT2D eigenvalue weighted by molar-refractivity contribution is -0.386. The van der Waals surface area contributed by atoms with E-state index in [0.717, 1.165) is 6.07 Å². The molecule has 0 unspecified atom stereocenters. The van der Waals surface area contributed by atoms with Crippen molar-refractivity contribution in [3.63, 3.8) is 0 Å². The third kappa shape index (κ3) is 3.11. The number of nitro groups is 1. The van der Waals surface area contributed by atoms with E-state index in [1.165, 1.54) is 24.3 Å². The maximum atomic E-state index is 13.5. The highest BCUT2D eigenvalue weighted by atomic mass is 19.1. The Kier molecular flexibility index (Phi) is 3.79. The van der Waals surface area contributed by atoms with Gasteiger partial charge in [-0.1, -0.05) is 6.07 Å². The van der Waals surface area contributed by atoms with Crippen LogP contribution in [0.15, 0.2) is 36.4 Å². The molecule has 0 spiro atoms. The van der Waals surface area contributed by atoms with Crippen LogP contribution < -0.4 is 5.32 Å². The molecule has 2 N–H and O–H groups in total. The number of carboxylic acid groups (broad SMARTS) is 1. The van der Waals surface area contributed by atoms with E-state index in [2.05, 4.69) is 5.32 Å². The number of nitro benzene ring substituents is 1. The van der Waals surface area contributed by atoms with Crippen molar-refractivity contribution in [3.05, 3.63) is 63.7 Å². The molecule has 0 aliphatic heterocycles. The average molecular weight is 294 g/mol. The van der Waals surface area contributed by atoms with Crippen molar-refractivity contribution in [2.75, 3.05) is 5.32 Å². The van der Waals surface area contributed by atoms with Gasteiger partial charge in [0.25, 0.3) is 0 Å². The molecule has 2 aromatic carbocycles. The van der Waals surface area contributed by atoms with Gasteiger partial charge in [-0.05, 0) is 18.2 Å². The zero-order chi connectivity index (χ0) is 15.6. The predicted octanol–water partition coefficient (Wildman–Crippen LogP) is 3.31. The molecule has 21 heavy (non-hydrogen) atoms. The van der Waals surface area contributed by atoms with Crippen molar-refractivity contribution in [2.45, 2.75) is 0 Å². The zero-order valence-electron chi connectivity index (χ0n) is 10.3. The summed E-state index contributed by atoms with van der Waals surface area (Å²) in [6.07, 6.45) is 0. The van der Waals surface area contributed by atoms with Crippen LogP contribution in [0.4, 0.5) is 25.8 Å². The normalized spacial score (nSPS) is 10.2. The number of hydrogen-bond acceptors (Lipinski definition) is 4. The van der Waals surface area contributed by atoms with E-state index >= 15 is 0 Å². The molecule has 0 radical (unpaired) electrons. The van der Waals surface area contributed by atoms with Crippen LogP contribution >= 0.6 is 0 Å². The highest BCUT2D eigenvalue weighted by Gasteiger charge is 2.22. The van der Waals surface area contributed by atoms with Gasteiger partial charge >= 0.3 is 11.7 Å². The van der Waals surface area contributed by atoms with Crippen molar-refractivity contribution in [1.82, 2.24) is 0 Å². The molecule has 0 saturated heterocycles. The molecule has 0 bridgehead atoms. The summed E-state index contributed by atoms with van der Waals surface area (Å²) in [6.45, 7) is 0. The fraction of sp³-hybridized carbons (Fsp3) is 0. The van der Waals surface area contributed by atoms with Gasteiger partial charge in [-0.15, -0.1) is 0 Å².